The first-order chi connectivity index (χ1) is 13.0. The second kappa shape index (κ2) is 11.1. The molecule has 1 unspecified atom stereocenters. The van der Waals surface area contributed by atoms with Gasteiger partial charge >= 0.3 is 0 Å². The third-order valence-corrected chi connectivity index (χ3v) is 4.60. The maximum Gasteiger partial charge on any atom is 0.252 e. The molecule has 3 N–H and O–H groups in total. The molecule has 3 rings (SSSR count). The highest BCUT2D eigenvalue weighted by atomic mass is 35.5. The quantitative estimate of drug-likeness (QED) is 0.583. The Labute approximate surface area is 184 Å². The van der Waals surface area contributed by atoms with Gasteiger partial charge in [0.25, 0.3) is 5.91 Å². The number of hydrogen-bond donors (Lipinski definition) is 2. The predicted molar refractivity (Wildman–Crippen MR) is 123 cm³/mol. The lowest BCUT2D eigenvalue weighted by Crippen LogP contribution is -2.41. The van der Waals surface area contributed by atoms with Crippen LogP contribution in [0.15, 0.2) is 42.6 Å². The van der Waals surface area contributed by atoms with Crippen LogP contribution >= 0.6 is 24.8 Å². The van der Waals surface area contributed by atoms with Gasteiger partial charge in [-0.05, 0) is 25.3 Å². The molecule has 0 radical (unpaired) electrons. The molecule has 3 aromatic rings. The molecule has 1 aromatic carbocycles. The third kappa shape index (κ3) is 5.69. The van der Waals surface area contributed by atoms with Crippen LogP contribution in [0.3, 0.4) is 0 Å². The monoisotopic (exact) mass is 437 g/mol. The van der Waals surface area contributed by atoms with E-state index < -0.39 is 0 Å². The average molecular weight is 438 g/mol. The number of aromatic nitrogens is 3. The van der Waals surface area contributed by atoms with Crippen LogP contribution in [0.4, 0.5) is 0 Å². The van der Waals surface area contributed by atoms with Crippen molar-refractivity contribution in [3.05, 3.63) is 48.2 Å². The van der Waals surface area contributed by atoms with Gasteiger partial charge in [-0.15, -0.1) is 24.8 Å². The van der Waals surface area contributed by atoms with E-state index in [-0.39, 0.29) is 36.8 Å². The molecule has 0 bridgehead atoms. The van der Waals surface area contributed by atoms with Gasteiger partial charge in [-0.25, -0.2) is 9.67 Å². The van der Waals surface area contributed by atoms with Gasteiger partial charge in [-0.3, -0.25) is 4.79 Å². The van der Waals surface area contributed by atoms with E-state index in [0.717, 1.165) is 28.7 Å². The molecule has 0 saturated heterocycles. The Morgan fingerprint density at radius 1 is 1.21 bits per heavy atom. The van der Waals surface area contributed by atoms with E-state index in [4.69, 9.17) is 10.7 Å². The van der Waals surface area contributed by atoms with Crippen LogP contribution in [0.2, 0.25) is 0 Å². The van der Waals surface area contributed by atoms with Crippen molar-refractivity contribution in [2.24, 2.45) is 11.7 Å². The number of rotatable bonds is 7. The first-order valence-electron chi connectivity index (χ1n) is 9.46. The van der Waals surface area contributed by atoms with E-state index in [1.807, 2.05) is 48.0 Å². The van der Waals surface area contributed by atoms with Gasteiger partial charge in [0.15, 0.2) is 5.65 Å². The molecule has 0 aliphatic rings. The van der Waals surface area contributed by atoms with Crippen LogP contribution < -0.4 is 11.1 Å². The van der Waals surface area contributed by atoms with E-state index in [1.54, 1.807) is 6.20 Å². The zero-order chi connectivity index (χ0) is 19.4. The number of carbonyl (C=O) groups is 1. The maximum absolute atomic E-state index is 13.1. The van der Waals surface area contributed by atoms with Crippen molar-refractivity contribution in [1.82, 2.24) is 20.1 Å². The summed E-state index contributed by atoms with van der Waals surface area (Å²) in [7, 11) is 0. The SMILES string of the molecule is CCn1ncc2c(C(=O)NC(CN)CC(C)C)cc(-c3ccccc3)nc21.Cl.Cl. The van der Waals surface area contributed by atoms with Crippen molar-refractivity contribution in [3.8, 4) is 11.3 Å². The molecule has 0 spiro atoms. The number of pyridine rings is 1. The standard InChI is InChI=1S/C21H27N5O.2ClH/c1-4-26-20-18(13-23-26)17(21(27)24-16(12-22)10-14(2)3)11-19(25-20)15-8-6-5-7-9-15;;/h5-9,11,13-14,16H,4,10,12,22H2,1-3H3,(H,24,27);2*1H. The van der Waals surface area contributed by atoms with Crippen LogP contribution in [-0.2, 0) is 6.54 Å². The molecule has 0 aliphatic heterocycles. The minimum absolute atomic E-state index is 0. The number of hydrogen-bond acceptors (Lipinski definition) is 4. The Bertz CT molecular complexity index is 927. The summed E-state index contributed by atoms with van der Waals surface area (Å²) >= 11 is 0. The zero-order valence-corrected chi connectivity index (χ0v) is 18.6. The molecular formula is C21H29Cl2N5O. The lowest BCUT2D eigenvalue weighted by Gasteiger charge is -2.19. The van der Waals surface area contributed by atoms with Gasteiger partial charge in [0, 0.05) is 24.7 Å². The maximum atomic E-state index is 13.1. The van der Waals surface area contributed by atoms with Gasteiger partial charge in [0.1, 0.15) is 0 Å². The number of amides is 1. The van der Waals surface area contributed by atoms with Gasteiger partial charge in [0.2, 0.25) is 0 Å². The Kier molecular flexibility index (Phi) is 9.56. The topological polar surface area (TPSA) is 85.8 Å². The Morgan fingerprint density at radius 2 is 1.90 bits per heavy atom. The van der Waals surface area contributed by atoms with Gasteiger partial charge in [0.05, 0.1) is 22.8 Å². The second-order valence-corrected chi connectivity index (χ2v) is 7.15. The molecule has 1 amide bonds. The summed E-state index contributed by atoms with van der Waals surface area (Å²) in [6.45, 7) is 7.36. The molecule has 158 valence electrons. The number of halogens is 2. The number of nitrogens with two attached hydrogens (primary N) is 1. The smallest absolute Gasteiger partial charge is 0.252 e. The van der Waals surface area contributed by atoms with E-state index in [1.165, 1.54) is 0 Å². The lowest BCUT2D eigenvalue weighted by molar-refractivity contribution is 0.0935. The molecular weight excluding hydrogens is 409 g/mol. The zero-order valence-electron chi connectivity index (χ0n) is 17.0. The molecule has 6 nitrogen and oxygen atoms in total. The molecule has 0 saturated carbocycles. The van der Waals surface area contributed by atoms with Crippen molar-refractivity contribution >= 4 is 41.8 Å². The number of nitrogens with one attached hydrogen (secondary N) is 1. The molecule has 8 heteroatoms. The Hall–Kier alpha value is -2.15. The van der Waals surface area contributed by atoms with Crippen LogP contribution in [0.1, 0.15) is 37.6 Å². The van der Waals surface area contributed by atoms with Crippen LogP contribution in [0.5, 0.6) is 0 Å². The predicted octanol–water partition coefficient (Wildman–Crippen LogP) is 4.07. The highest BCUT2D eigenvalue weighted by Gasteiger charge is 2.20. The first kappa shape index (κ1) is 24.9. The van der Waals surface area contributed by atoms with Crippen molar-refractivity contribution in [1.29, 1.82) is 0 Å². The van der Waals surface area contributed by atoms with Crippen molar-refractivity contribution in [3.63, 3.8) is 0 Å². The second-order valence-electron chi connectivity index (χ2n) is 7.15. The summed E-state index contributed by atoms with van der Waals surface area (Å²) in [5.74, 6) is 0.324. The first-order valence-corrected chi connectivity index (χ1v) is 9.46. The molecule has 2 heterocycles. The molecule has 1 atom stereocenters. The normalized spacial score (nSPS) is 11.6. The Morgan fingerprint density at radius 3 is 2.48 bits per heavy atom. The summed E-state index contributed by atoms with van der Waals surface area (Å²) in [4.78, 5) is 17.8. The van der Waals surface area contributed by atoms with E-state index >= 15 is 0 Å². The minimum Gasteiger partial charge on any atom is -0.348 e. The summed E-state index contributed by atoms with van der Waals surface area (Å²) in [6, 6.07) is 11.7. The van der Waals surface area contributed by atoms with E-state index in [2.05, 4.69) is 24.3 Å². The molecule has 29 heavy (non-hydrogen) atoms. The number of nitrogens with zero attached hydrogens (tertiary/aromatic N) is 3. The lowest BCUT2D eigenvalue weighted by atomic mass is 10.0. The largest absolute Gasteiger partial charge is 0.348 e. The summed E-state index contributed by atoms with van der Waals surface area (Å²) in [5, 5.41) is 8.23. The van der Waals surface area contributed by atoms with Crippen LogP contribution in [0, 0.1) is 5.92 Å². The highest BCUT2D eigenvalue weighted by Crippen LogP contribution is 2.25. The number of benzene rings is 1. The average Bonchev–Trinajstić information content (AvgIpc) is 3.10. The fourth-order valence-corrected chi connectivity index (χ4v) is 3.27. The summed E-state index contributed by atoms with van der Waals surface area (Å²) < 4.78 is 1.81. The fourth-order valence-electron chi connectivity index (χ4n) is 3.27. The fraction of sp³-hybridized carbons (Fsp3) is 0.381. The van der Waals surface area contributed by atoms with Gasteiger partial charge < -0.3 is 11.1 Å². The van der Waals surface area contributed by atoms with Crippen molar-refractivity contribution in [2.75, 3.05) is 6.54 Å². The van der Waals surface area contributed by atoms with E-state index in [9.17, 15) is 4.79 Å². The minimum atomic E-state index is -0.133. The van der Waals surface area contributed by atoms with Gasteiger partial charge in [-0.2, -0.15) is 5.10 Å². The third-order valence-electron chi connectivity index (χ3n) is 4.60. The Balaban J connectivity index is 0.00000210. The van der Waals surface area contributed by atoms with Crippen molar-refractivity contribution < 1.29 is 4.79 Å². The van der Waals surface area contributed by atoms with Crippen molar-refractivity contribution in [2.45, 2.75) is 39.8 Å². The summed E-state index contributed by atoms with van der Waals surface area (Å²) in [5.41, 5.74) is 8.89. The molecule has 0 aliphatic carbocycles. The highest BCUT2D eigenvalue weighted by molar-refractivity contribution is 6.06. The number of aryl methyl sites for hydroxylation is 1. The van der Waals surface area contributed by atoms with Crippen LogP contribution in [0.25, 0.3) is 22.3 Å². The van der Waals surface area contributed by atoms with Crippen LogP contribution in [-0.4, -0.2) is 33.3 Å². The molecule has 0 fully saturated rings. The van der Waals surface area contributed by atoms with E-state index in [0.29, 0.717) is 24.6 Å². The number of carbonyl (C=O) groups excluding carboxylic acids is 1. The molecule has 2 aromatic heterocycles. The summed E-state index contributed by atoms with van der Waals surface area (Å²) in [6.07, 6.45) is 2.56. The number of fused-ring (bicyclic) bond motifs is 1. The van der Waals surface area contributed by atoms with Gasteiger partial charge in [-0.1, -0.05) is 44.2 Å².